The van der Waals surface area contributed by atoms with Crippen molar-refractivity contribution in [2.75, 3.05) is 0 Å². The highest BCUT2D eigenvalue weighted by Crippen LogP contribution is 2.22. The number of aromatic nitrogens is 2. The van der Waals surface area contributed by atoms with Gasteiger partial charge in [-0.3, -0.25) is 0 Å². The Morgan fingerprint density at radius 2 is 2.50 bits per heavy atom. The predicted octanol–water partition coefficient (Wildman–Crippen LogP) is 2.52. The average molecular weight is 260 g/mol. The van der Waals surface area contributed by atoms with Gasteiger partial charge in [-0.2, -0.15) is 4.68 Å². The number of nitro groups is 1. The molecular weight excluding hydrogens is 250 g/mol. The van der Waals surface area contributed by atoms with Gasteiger partial charge in [-0.05, 0) is 34.2 Å². The topological polar surface area (TPSA) is 61.0 Å². The van der Waals surface area contributed by atoms with Crippen LogP contribution in [0.2, 0.25) is 0 Å². The van der Waals surface area contributed by atoms with E-state index in [0.717, 1.165) is 12.0 Å². The molecular formula is C8H10BrN3O2. The summed E-state index contributed by atoms with van der Waals surface area (Å²) < 4.78 is 1.95. The summed E-state index contributed by atoms with van der Waals surface area (Å²) in [4.78, 5) is 9.94. The summed E-state index contributed by atoms with van der Waals surface area (Å²) >= 11 is 3.08. The smallest absolute Gasteiger partial charge is 0.358 e. The van der Waals surface area contributed by atoms with Crippen molar-refractivity contribution in [3.8, 4) is 0 Å². The number of rotatable bonds is 4. The molecule has 0 saturated heterocycles. The number of hydrogen-bond acceptors (Lipinski definition) is 3. The second-order valence-electron chi connectivity index (χ2n) is 3.03. The maximum Gasteiger partial charge on any atom is 0.404 e. The van der Waals surface area contributed by atoms with Gasteiger partial charge in [-0.1, -0.05) is 5.57 Å². The number of allylic oxidation sites excluding steroid dienone is 1. The Hall–Kier alpha value is -1.17. The van der Waals surface area contributed by atoms with Crippen molar-refractivity contribution in [3.05, 3.63) is 32.9 Å². The molecule has 14 heavy (non-hydrogen) atoms. The molecule has 5 nitrogen and oxygen atoms in total. The van der Waals surface area contributed by atoms with Crippen molar-refractivity contribution < 1.29 is 4.92 Å². The Bertz CT molecular complexity index is 373. The van der Waals surface area contributed by atoms with Crippen LogP contribution in [-0.4, -0.2) is 14.7 Å². The minimum atomic E-state index is -0.513. The Labute approximate surface area is 89.7 Å². The molecule has 0 amide bonds. The molecule has 1 aromatic rings. The maximum absolute atomic E-state index is 10.5. The SMILES string of the molecule is C=C(C)CCn1cc(Br)c([N+](=O)[O-])n1. The van der Waals surface area contributed by atoms with E-state index >= 15 is 0 Å². The fourth-order valence-corrected chi connectivity index (χ4v) is 1.39. The Morgan fingerprint density at radius 3 is 2.93 bits per heavy atom. The number of hydrogen-bond donors (Lipinski definition) is 0. The van der Waals surface area contributed by atoms with Gasteiger partial charge in [0.05, 0.1) is 17.8 Å². The summed E-state index contributed by atoms with van der Waals surface area (Å²) in [5, 5.41) is 14.3. The lowest BCUT2D eigenvalue weighted by Crippen LogP contribution is -1.99. The van der Waals surface area contributed by atoms with Crippen molar-refractivity contribution in [1.82, 2.24) is 9.78 Å². The van der Waals surface area contributed by atoms with Gasteiger partial charge in [0.15, 0.2) is 0 Å². The second-order valence-corrected chi connectivity index (χ2v) is 3.88. The molecule has 0 fully saturated rings. The van der Waals surface area contributed by atoms with Crippen LogP contribution >= 0.6 is 15.9 Å². The molecule has 0 aliphatic rings. The lowest BCUT2D eigenvalue weighted by molar-refractivity contribution is -0.390. The first-order valence-electron chi connectivity index (χ1n) is 4.02. The molecule has 1 aromatic heterocycles. The predicted molar refractivity (Wildman–Crippen MR) is 56.0 cm³/mol. The lowest BCUT2D eigenvalue weighted by atomic mass is 10.2. The van der Waals surface area contributed by atoms with E-state index in [2.05, 4.69) is 27.6 Å². The fourth-order valence-electron chi connectivity index (χ4n) is 0.931. The third kappa shape index (κ3) is 2.66. The molecule has 0 spiro atoms. The van der Waals surface area contributed by atoms with E-state index in [1.54, 1.807) is 6.20 Å². The molecule has 0 aliphatic carbocycles. The lowest BCUT2D eigenvalue weighted by Gasteiger charge is -1.94. The molecule has 0 radical (unpaired) electrons. The van der Waals surface area contributed by atoms with Gasteiger partial charge >= 0.3 is 5.82 Å². The third-order valence-electron chi connectivity index (χ3n) is 1.64. The molecule has 76 valence electrons. The van der Waals surface area contributed by atoms with Crippen LogP contribution in [0.15, 0.2) is 22.8 Å². The standard InChI is InChI=1S/C8H10BrN3O2/c1-6(2)3-4-11-5-7(9)8(10-11)12(13)14/h5H,1,3-4H2,2H3. The van der Waals surface area contributed by atoms with Gasteiger partial charge in [0.2, 0.25) is 0 Å². The van der Waals surface area contributed by atoms with Crippen LogP contribution in [0.5, 0.6) is 0 Å². The zero-order chi connectivity index (χ0) is 10.7. The maximum atomic E-state index is 10.5. The number of nitrogens with zero attached hydrogens (tertiary/aromatic N) is 3. The zero-order valence-electron chi connectivity index (χ0n) is 7.73. The van der Waals surface area contributed by atoms with E-state index in [1.807, 2.05) is 6.92 Å². The van der Waals surface area contributed by atoms with E-state index in [4.69, 9.17) is 0 Å². The van der Waals surface area contributed by atoms with Crippen LogP contribution in [0.3, 0.4) is 0 Å². The highest BCUT2D eigenvalue weighted by atomic mass is 79.9. The molecule has 0 aromatic carbocycles. The summed E-state index contributed by atoms with van der Waals surface area (Å²) in [5.41, 5.74) is 1.03. The number of halogens is 1. The van der Waals surface area contributed by atoms with E-state index < -0.39 is 4.92 Å². The quantitative estimate of drug-likeness (QED) is 0.474. The van der Waals surface area contributed by atoms with Crippen LogP contribution in [0.1, 0.15) is 13.3 Å². The summed E-state index contributed by atoms with van der Waals surface area (Å²) in [5.74, 6) is -0.147. The van der Waals surface area contributed by atoms with E-state index in [-0.39, 0.29) is 5.82 Å². The Kier molecular flexibility index (Phi) is 3.40. The number of aryl methyl sites for hydroxylation is 1. The first-order valence-corrected chi connectivity index (χ1v) is 4.81. The van der Waals surface area contributed by atoms with Gasteiger partial charge in [0, 0.05) is 0 Å². The molecule has 6 heteroatoms. The largest absolute Gasteiger partial charge is 0.404 e. The zero-order valence-corrected chi connectivity index (χ0v) is 9.32. The summed E-state index contributed by atoms with van der Waals surface area (Å²) in [6.07, 6.45) is 2.37. The molecule has 0 unspecified atom stereocenters. The molecule has 0 saturated carbocycles. The van der Waals surface area contributed by atoms with Crippen LogP contribution in [0.25, 0.3) is 0 Å². The van der Waals surface area contributed by atoms with Crippen LogP contribution in [0, 0.1) is 10.1 Å². The first kappa shape index (κ1) is 10.9. The molecule has 1 heterocycles. The molecule has 0 N–H and O–H groups in total. The fraction of sp³-hybridized carbons (Fsp3) is 0.375. The van der Waals surface area contributed by atoms with Crippen LogP contribution < -0.4 is 0 Å². The molecule has 0 atom stereocenters. The van der Waals surface area contributed by atoms with E-state index in [0.29, 0.717) is 11.0 Å². The minimum Gasteiger partial charge on any atom is -0.358 e. The van der Waals surface area contributed by atoms with Gasteiger partial charge in [-0.25, -0.2) is 0 Å². The third-order valence-corrected chi connectivity index (χ3v) is 2.20. The average Bonchev–Trinajstić information content (AvgIpc) is 2.43. The molecule has 1 rings (SSSR count). The Balaban J connectivity index is 2.76. The van der Waals surface area contributed by atoms with Gasteiger partial charge in [0.25, 0.3) is 0 Å². The van der Waals surface area contributed by atoms with Gasteiger partial charge < -0.3 is 10.1 Å². The molecule has 0 bridgehead atoms. The van der Waals surface area contributed by atoms with Gasteiger partial charge in [-0.15, -0.1) is 6.58 Å². The van der Waals surface area contributed by atoms with Gasteiger partial charge in [0.1, 0.15) is 4.47 Å². The second kappa shape index (κ2) is 4.36. The van der Waals surface area contributed by atoms with Crippen molar-refractivity contribution in [3.63, 3.8) is 0 Å². The highest BCUT2D eigenvalue weighted by Gasteiger charge is 2.17. The highest BCUT2D eigenvalue weighted by molar-refractivity contribution is 9.10. The van der Waals surface area contributed by atoms with Crippen LogP contribution in [0.4, 0.5) is 5.82 Å². The summed E-state index contributed by atoms with van der Waals surface area (Å²) in [6, 6.07) is 0. The van der Waals surface area contributed by atoms with E-state index in [1.165, 1.54) is 4.68 Å². The van der Waals surface area contributed by atoms with Crippen molar-refractivity contribution in [1.29, 1.82) is 0 Å². The summed E-state index contributed by atoms with van der Waals surface area (Å²) in [6.45, 7) is 6.27. The van der Waals surface area contributed by atoms with Crippen molar-refractivity contribution in [2.24, 2.45) is 0 Å². The van der Waals surface area contributed by atoms with Crippen molar-refractivity contribution >= 4 is 21.7 Å². The van der Waals surface area contributed by atoms with Crippen LogP contribution in [-0.2, 0) is 6.54 Å². The Morgan fingerprint density at radius 1 is 1.86 bits per heavy atom. The minimum absolute atomic E-state index is 0.147. The normalized spacial score (nSPS) is 10.1. The molecule has 0 aliphatic heterocycles. The van der Waals surface area contributed by atoms with E-state index in [9.17, 15) is 10.1 Å². The summed E-state index contributed by atoms with van der Waals surface area (Å²) in [7, 11) is 0. The monoisotopic (exact) mass is 259 g/mol. The van der Waals surface area contributed by atoms with Crippen molar-refractivity contribution in [2.45, 2.75) is 19.9 Å². The first-order chi connectivity index (χ1) is 6.50.